The number of carbonyl (C=O) groups is 1. The second kappa shape index (κ2) is 6.53. The van der Waals surface area contributed by atoms with E-state index in [1.54, 1.807) is 24.8 Å². The minimum Gasteiger partial charge on any atom is -0.477 e. The predicted octanol–water partition coefficient (Wildman–Crippen LogP) is 1.02. The molecule has 1 aliphatic rings. The molecule has 21 heavy (non-hydrogen) atoms. The standard InChI is InChI=1S/C14H19N3O4/c1-10-7-11(2)14(12(8-10)17(19)20)21-9-13(18)16-5-3-15-4-6-16/h7-8,15H,3-6,9H2,1-2H3. The smallest absolute Gasteiger partial charge is 0.311 e. The first-order valence-corrected chi connectivity index (χ1v) is 6.86. The van der Waals surface area contributed by atoms with Gasteiger partial charge in [0.05, 0.1) is 4.92 Å². The lowest BCUT2D eigenvalue weighted by Crippen LogP contribution is -2.48. The maximum Gasteiger partial charge on any atom is 0.311 e. The van der Waals surface area contributed by atoms with Gasteiger partial charge in [-0.1, -0.05) is 6.07 Å². The van der Waals surface area contributed by atoms with Gasteiger partial charge in [-0.2, -0.15) is 0 Å². The monoisotopic (exact) mass is 293 g/mol. The molecule has 1 fully saturated rings. The predicted molar refractivity (Wildman–Crippen MR) is 77.5 cm³/mol. The van der Waals surface area contributed by atoms with E-state index in [2.05, 4.69) is 5.32 Å². The highest BCUT2D eigenvalue weighted by Crippen LogP contribution is 2.32. The fraction of sp³-hybridized carbons (Fsp3) is 0.500. The largest absolute Gasteiger partial charge is 0.477 e. The van der Waals surface area contributed by atoms with Crippen LogP contribution < -0.4 is 10.1 Å². The molecule has 0 aliphatic carbocycles. The normalized spacial score (nSPS) is 14.9. The summed E-state index contributed by atoms with van der Waals surface area (Å²) in [6.45, 7) is 6.14. The summed E-state index contributed by atoms with van der Waals surface area (Å²) in [5, 5.41) is 14.3. The fourth-order valence-corrected chi connectivity index (χ4v) is 2.39. The molecular formula is C14H19N3O4. The second-order valence-electron chi connectivity index (χ2n) is 5.11. The zero-order chi connectivity index (χ0) is 15.4. The highest BCUT2D eigenvalue weighted by atomic mass is 16.6. The molecule has 0 aromatic heterocycles. The number of aryl methyl sites for hydroxylation is 2. The van der Waals surface area contributed by atoms with Gasteiger partial charge in [-0.3, -0.25) is 14.9 Å². The van der Waals surface area contributed by atoms with E-state index < -0.39 is 4.92 Å². The number of nitro groups is 1. The van der Waals surface area contributed by atoms with Crippen molar-refractivity contribution in [2.45, 2.75) is 13.8 Å². The number of hydrogen-bond donors (Lipinski definition) is 1. The molecule has 1 saturated heterocycles. The SMILES string of the molecule is Cc1cc(C)c(OCC(=O)N2CCNCC2)c([N+](=O)[O-])c1. The summed E-state index contributed by atoms with van der Waals surface area (Å²) in [6, 6.07) is 3.26. The van der Waals surface area contributed by atoms with E-state index in [1.165, 1.54) is 6.07 Å². The molecule has 0 saturated carbocycles. The van der Waals surface area contributed by atoms with Crippen LogP contribution in [-0.4, -0.2) is 48.5 Å². The van der Waals surface area contributed by atoms with Crippen LogP contribution in [0.5, 0.6) is 5.75 Å². The lowest BCUT2D eigenvalue weighted by Gasteiger charge is -2.27. The highest BCUT2D eigenvalue weighted by molar-refractivity contribution is 5.78. The number of ether oxygens (including phenoxy) is 1. The first-order chi connectivity index (χ1) is 9.99. The van der Waals surface area contributed by atoms with Crippen molar-refractivity contribution in [3.05, 3.63) is 33.4 Å². The average Bonchev–Trinajstić information content (AvgIpc) is 2.46. The molecule has 2 rings (SSSR count). The van der Waals surface area contributed by atoms with Crippen molar-refractivity contribution in [2.75, 3.05) is 32.8 Å². The number of carbonyl (C=O) groups excluding carboxylic acids is 1. The van der Waals surface area contributed by atoms with E-state index in [9.17, 15) is 14.9 Å². The minimum atomic E-state index is -0.482. The number of piperazine rings is 1. The van der Waals surface area contributed by atoms with Crippen molar-refractivity contribution in [3.8, 4) is 5.75 Å². The molecule has 7 nitrogen and oxygen atoms in total. The zero-order valence-electron chi connectivity index (χ0n) is 12.2. The lowest BCUT2D eigenvalue weighted by atomic mass is 10.1. The molecular weight excluding hydrogens is 274 g/mol. The maximum atomic E-state index is 12.0. The molecule has 1 aromatic carbocycles. The van der Waals surface area contributed by atoms with Crippen LogP contribution in [0.4, 0.5) is 5.69 Å². The molecule has 1 amide bonds. The van der Waals surface area contributed by atoms with Gasteiger partial charge in [-0.15, -0.1) is 0 Å². The van der Waals surface area contributed by atoms with Crippen molar-refractivity contribution in [1.82, 2.24) is 10.2 Å². The van der Waals surface area contributed by atoms with E-state index >= 15 is 0 Å². The molecule has 0 bridgehead atoms. The van der Waals surface area contributed by atoms with E-state index in [0.29, 0.717) is 18.7 Å². The van der Waals surface area contributed by atoms with Gasteiger partial charge in [0.25, 0.3) is 5.91 Å². The van der Waals surface area contributed by atoms with Gasteiger partial charge >= 0.3 is 5.69 Å². The van der Waals surface area contributed by atoms with Crippen LogP contribution in [0.3, 0.4) is 0 Å². The zero-order valence-corrected chi connectivity index (χ0v) is 12.2. The Hall–Kier alpha value is -2.15. The Morgan fingerprint density at radius 2 is 2.05 bits per heavy atom. The highest BCUT2D eigenvalue weighted by Gasteiger charge is 2.21. The molecule has 7 heteroatoms. The van der Waals surface area contributed by atoms with E-state index in [4.69, 9.17) is 4.74 Å². The number of rotatable bonds is 4. The van der Waals surface area contributed by atoms with Gasteiger partial charge < -0.3 is 15.0 Å². The Labute approximate surface area is 123 Å². The van der Waals surface area contributed by atoms with Gasteiger partial charge in [0.2, 0.25) is 5.75 Å². The van der Waals surface area contributed by atoms with Gasteiger partial charge in [-0.05, 0) is 25.0 Å². The summed E-state index contributed by atoms with van der Waals surface area (Å²) in [6.07, 6.45) is 0. The van der Waals surface area contributed by atoms with Gasteiger partial charge in [-0.25, -0.2) is 0 Å². The number of nitrogens with one attached hydrogen (secondary N) is 1. The van der Waals surface area contributed by atoms with Crippen LogP contribution in [0.15, 0.2) is 12.1 Å². The van der Waals surface area contributed by atoms with Crippen molar-refractivity contribution < 1.29 is 14.5 Å². The molecule has 0 unspecified atom stereocenters. The van der Waals surface area contributed by atoms with Gasteiger partial charge in [0, 0.05) is 32.2 Å². The summed E-state index contributed by atoms with van der Waals surface area (Å²) >= 11 is 0. The van der Waals surface area contributed by atoms with E-state index in [-0.39, 0.29) is 24.0 Å². The fourth-order valence-electron chi connectivity index (χ4n) is 2.39. The first-order valence-electron chi connectivity index (χ1n) is 6.86. The van der Waals surface area contributed by atoms with Crippen molar-refractivity contribution in [1.29, 1.82) is 0 Å². The number of amides is 1. The van der Waals surface area contributed by atoms with Crippen LogP contribution in [0.25, 0.3) is 0 Å². The van der Waals surface area contributed by atoms with Crippen molar-refractivity contribution in [3.63, 3.8) is 0 Å². The quantitative estimate of drug-likeness (QED) is 0.662. The van der Waals surface area contributed by atoms with Crippen molar-refractivity contribution >= 4 is 11.6 Å². The summed E-state index contributed by atoms with van der Waals surface area (Å²) in [5.41, 5.74) is 1.36. The third kappa shape index (κ3) is 3.69. The third-order valence-corrected chi connectivity index (χ3v) is 3.41. The van der Waals surface area contributed by atoms with Crippen LogP contribution in [0, 0.1) is 24.0 Å². The number of benzene rings is 1. The molecule has 0 atom stereocenters. The average molecular weight is 293 g/mol. The Morgan fingerprint density at radius 1 is 1.38 bits per heavy atom. The summed E-state index contributed by atoms with van der Waals surface area (Å²) in [5.74, 6) is 0.0276. The van der Waals surface area contributed by atoms with E-state index in [1.807, 2.05) is 0 Å². The molecule has 1 aromatic rings. The van der Waals surface area contributed by atoms with Crippen LogP contribution in [0.1, 0.15) is 11.1 Å². The third-order valence-electron chi connectivity index (χ3n) is 3.41. The van der Waals surface area contributed by atoms with Gasteiger partial charge in [0.15, 0.2) is 6.61 Å². The van der Waals surface area contributed by atoms with Crippen molar-refractivity contribution in [2.24, 2.45) is 0 Å². The number of nitrogens with zero attached hydrogens (tertiary/aromatic N) is 2. The first kappa shape index (κ1) is 15.2. The summed E-state index contributed by atoms with van der Waals surface area (Å²) in [4.78, 5) is 24.3. The van der Waals surface area contributed by atoms with Crippen LogP contribution in [0.2, 0.25) is 0 Å². The Morgan fingerprint density at radius 3 is 2.67 bits per heavy atom. The Balaban J connectivity index is 2.08. The molecule has 1 aliphatic heterocycles. The summed E-state index contributed by atoms with van der Waals surface area (Å²) < 4.78 is 5.45. The van der Waals surface area contributed by atoms with Gasteiger partial charge in [0.1, 0.15) is 0 Å². The van der Waals surface area contributed by atoms with Crippen LogP contribution in [-0.2, 0) is 4.79 Å². The minimum absolute atomic E-state index is 0.0967. The maximum absolute atomic E-state index is 12.0. The second-order valence-corrected chi connectivity index (χ2v) is 5.11. The summed E-state index contributed by atoms with van der Waals surface area (Å²) in [7, 11) is 0. The van der Waals surface area contributed by atoms with Crippen LogP contribution >= 0.6 is 0 Å². The Bertz CT molecular complexity index is 553. The molecule has 0 radical (unpaired) electrons. The molecule has 1 heterocycles. The van der Waals surface area contributed by atoms with E-state index in [0.717, 1.165) is 18.7 Å². The topological polar surface area (TPSA) is 84.7 Å². The lowest BCUT2D eigenvalue weighted by molar-refractivity contribution is -0.385. The Kier molecular flexibility index (Phi) is 4.74. The molecule has 1 N–H and O–H groups in total. The number of nitro benzene ring substituents is 1. The number of hydrogen-bond acceptors (Lipinski definition) is 5. The molecule has 114 valence electrons. The molecule has 0 spiro atoms.